The van der Waals surface area contributed by atoms with Crippen LogP contribution in [0.5, 0.6) is 0 Å². The average molecular weight is 336 g/mol. The van der Waals surface area contributed by atoms with Crippen LogP contribution < -0.4 is 5.32 Å². The molecule has 2 rings (SSSR count). The van der Waals surface area contributed by atoms with Gasteiger partial charge in [-0.15, -0.1) is 0 Å². The third-order valence-electron chi connectivity index (χ3n) is 2.97. The van der Waals surface area contributed by atoms with E-state index >= 15 is 0 Å². The molecule has 7 heteroatoms. The number of pyridine rings is 1. The largest absolute Gasteiger partial charge is 0.445 e. The van der Waals surface area contributed by atoms with E-state index in [9.17, 15) is 18.0 Å². The minimum atomic E-state index is -4.43. The molecule has 0 unspecified atom stereocenters. The van der Waals surface area contributed by atoms with Crippen LogP contribution in [0.4, 0.5) is 18.0 Å². The first kappa shape index (κ1) is 17.5. The number of hydrogen-bond donors (Lipinski definition) is 1. The fourth-order valence-corrected chi connectivity index (χ4v) is 1.82. The van der Waals surface area contributed by atoms with Crippen LogP contribution in [0.15, 0.2) is 54.9 Å². The number of hydrogen-bond acceptors (Lipinski definition) is 3. The van der Waals surface area contributed by atoms with E-state index in [0.29, 0.717) is 5.56 Å². The first-order valence-corrected chi connectivity index (χ1v) is 7.08. The molecule has 0 atom stereocenters. The molecule has 0 spiro atoms. The Balaban J connectivity index is 1.77. The molecule has 0 bridgehead atoms. The zero-order valence-electron chi connectivity index (χ0n) is 12.6. The molecule has 126 valence electrons. The summed E-state index contributed by atoms with van der Waals surface area (Å²) < 4.78 is 42.6. The molecule has 0 aliphatic carbocycles. The quantitative estimate of drug-likeness (QED) is 0.896. The Morgan fingerprint density at radius 3 is 2.67 bits per heavy atom. The highest BCUT2D eigenvalue weighted by atomic mass is 19.4. The van der Waals surface area contributed by atoms with Gasteiger partial charge in [0.05, 0.1) is 5.56 Å². The summed E-state index contributed by atoms with van der Waals surface area (Å²) in [6.07, 6.45) is -0.0156. The summed E-state index contributed by atoms with van der Waals surface area (Å²) in [6, 6.07) is 10.2. The molecule has 1 N–H and O–H groups in total. The number of carbonyl (C=O) groups excluding carboxylic acids is 1. The lowest BCUT2D eigenvalue weighted by atomic mass is 10.2. The molecule has 1 amide bonds. The maximum Gasteiger partial charge on any atom is 0.417 e. The summed E-state index contributed by atoms with van der Waals surface area (Å²) in [5, 5.41) is 2.48. The van der Waals surface area contributed by atoms with Crippen molar-refractivity contribution in [1.29, 1.82) is 0 Å². The molecule has 0 aliphatic rings. The van der Waals surface area contributed by atoms with Crippen molar-refractivity contribution < 1.29 is 22.7 Å². The van der Waals surface area contributed by atoms with E-state index in [1.807, 2.05) is 30.3 Å². The number of nitrogens with one attached hydrogen (secondary N) is 1. The fourth-order valence-electron chi connectivity index (χ4n) is 1.82. The number of nitrogens with zero attached hydrogens (tertiary/aromatic N) is 1. The maximum absolute atomic E-state index is 12.5. The van der Waals surface area contributed by atoms with Crippen LogP contribution in [0, 0.1) is 0 Å². The second kappa shape index (κ2) is 8.14. The highest BCUT2D eigenvalue weighted by Gasteiger charge is 2.30. The Bertz CT molecular complexity index is 700. The lowest BCUT2D eigenvalue weighted by Crippen LogP contribution is -2.24. The summed E-state index contributed by atoms with van der Waals surface area (Å²) >= 11 is 0. The molecule has 0 fully saturated rings. The van der Waals surface area contributed by atoms with Crippen LogP contribution in [0.2, 0.25) is 0 Å². The van der Waals surface area contributed by atoms with E-state index in [2.05, 4.69) is 10.3 Å². The van der Waals surface area contributed by atoms with Crippen LogP contribution >= 0.6 is 0 Å². The highest BCUT2D eigenvalue weighted by molar-refractivity contribution is 5.67. The summed E-state index contributed by atoms with van der Waals surface area (Å²) in [7, 11) is 0. The van der Waals surface area contributed by atoms with Gasteiger partial charge in [0.15, 0.2) is 0 Å². The second-order valence-electron chi connectivity index (χ2n) is 4.85. The molecule has 0 saturated heterocycles. The third kappa shape index (κ3) is 5.75. The molecule has 0 radical (unpaired) electrons. The minimum Gasteiger partial charge on any atom is -0.445 e. The molecular weight excluding hydrogens is 321 g/mol. The molecule has 2 aromatic rings. The number of aromatic nitrogens is 1. The van der Waals surface area contributed by atoms with Gasteiger partial charge < -0.3 is 10.1 Å². The lowest BCUT2D eigenvalue weighted by Gasteiger charge is -2.06. The van der Waals surface area contributed by atoms with Crippen molar-refractivity contribution in [3.8, 4) is 0 Å². The number of ether oxygens (including phenoxy) is 1. The monoisotopic (exact) mass is 336 g/mol. The minimum absolute atomic E-state index is 0.129. The molecule has 1 heterocycles. The summed E-state index contributed by atoms with van der Waals surface area (Å²) in [6.45, 7) is 0.276. The number of alkyl halides is 3. The first-order chi connectivity index (χ1) is 11.4. The number of alkyl carbamates (subject to hydrolysis) is 1. The van der Waals surface area contributed by atoms with Gasteiger partial charge in [-0.2, -0.15) is 13.2 Å². The maximum atomic E-state index is 12.5. The van der Waals surface area contributed by atoms with Gasteiger partial charge in [0.2, 0.25) is 0 Å². The predicted molar refractivity (Wildman–Crippen MR) is 82.9 cm³/mol. The number of amides is 1. The zero-order chi connectivity index (χ0) is 17.4. The van der Waals surface area contributed by atoms with Gasteiger partial charge in [0.1, 0.15) is 6.61 Å². The van der Waals surface area contributed by atoms with Crippen molar-refractivity contribution >= 4 is 12.2 Å². The Kier molecular flexibility index (Phi) is 5.95. The lowest BCUT2D eigenvalue weighted by molar-refractivity contribution is -0.137. The third-order valence-corrected chi connectivity index (χ3v) is 2.97. The predicted octanol–water partition coefficient (Wildman–Crippen LogP) is 4.04. The van der Waals surface area contributed by atoms with E-state index in [0.717, 1.165) is 17.8 Å². The average Bonchev–Trinajstić information content (AvgIpc) is 2.57. The van der Waals surface area contributed by atoms with Crippen molar-refractivity contribution in [3.05, 3.63) is 71.6 Å². The van der Waals surface area contributed by atoms with Crippen LogP contribution in [0.1, 0.15) is 16.7 Å². The van der Waals surface area contributed by atoms with Gasteiger partial charge in [-0.25, -0.2) is 4.79 Å². The molecule has 0 saturated carbocycles. The van der Waals surface area contributed by atoms with Crippen molar-refractivity contribution in [3.63, 3.8) is 0 Å². The Labute approximate surface area is 137 Å². The van der Waals surface area contributed by atoms with Crippen LogP contribution in [-0.4, -0.2) is 17.6 Å². The van der Waals surface area contributed by atoms with Gasteiger partial charge in [-0.3, -0.25) is 4.98 Å². The number of carbonyl (C=O) groups is 1. The van der Waals surface area contributed by atoms with Gasteiger partial charge in [0, 0.05) is 18.9 Å². The van der Waals surface area contributed by atoms with Crippen LogP contribution in [0.25, 0.3) is 6.08 Å². The first-order valence-electron chi connectivity index (χ1n) is 7.08. The van der Waals surface area contributed by atoms with Crippen molar-refractivity contribution in [2.45, 2.75) is 12.8 Å². The van der Waals surface area contributed by atoms with Crippen LogP contribution in [-0.2, 0) is 17.5 Å². The van der Waals surface area contributed by atoms with E-state index in [1.54, 1.807) is 0 Å². The molecule has 4 nitrogen and oxygen atoms in total. The molecule has 0 aliphatic heterocycles. The van der Waals surface area contributed by atoms with Gasteiger partial charge >= 0.3 is 12.3 Å². The number of halogens is 3. The molecule has 1 aromatic carbocycles. The smallest absolute Gasteiger partial charge is 0.417 e. The van der Waals surface area contributed by atoms with Crippen LogP contribution in [0.3, 0.4) is 0 Å². The van der Waals surface area contributed by atoms with Crippen molar-refractivity contribution in [1.82, 2.24) is 10.3 Å². The standard InChI is InChI=1S/C17H15F3N2O2/c18-17(19,20)15-9-14(10-21-11-15)7-4-8-22-16(23)24-12-13-5-2-1-3-6-13/h1-7,9-11H,8,12H2,(H,22,23). The normalized spacial score (nSPS) is 11.5. The van der Waals surface area contributed by atoms with Gasteiger partial charge in [-0.05, 0) is 17.2 Å². The van der Waals surface area contributed by atoms with E-state index in [-0.39, 0.29) is 13.2 Å². The molecular formula is C17H15F3N2O2. The van der Waals surface area contributed by atoms with Crippen molar-refractivity contribution in [2.75, 3.05) is 6.54 Å². The van der Waals surface area contributed by atoms with E-state index in [4.69, 9.17) is 4.74 Å². The number of benzene rings is 1. The Morgan fingerprint density at radius 2 is 1.96 bits per heavy atom. The second-order valence-corrected chi connectivity index (χ2v) is 4.85. The molecule has 24 heavy (non-hydrogen) atoms. The molecule has 1 aromatic heterocycles. The number of rotatable bonds is 5. The van der Waals surface area contributed by atoms with Gasteiger partial charge in [-0.1, -0.05) is 42.5 Å². The summed E-state index contributed by atoms with van der Waals surface area (Å²) in [4.78, 5) is 15.0. The highest BCUT2D eigenvalue weighted by Crippen LogP contribution is 2.29. The zero-order valence-corrected chi connectivity index (χ0v) is 12.6. The van der Waals surface area contributed by atoms with E-state index in [1.165, 1.54) is 18.3 Å². The van der Waals surface area contributed by atoms with Gasteiger partial charge in [0.25, 0.3) is 0 Å². The summed E-state index contributed by atoms with van der Waals surface area (Å²) in [5.74, 6) is 0. The van der Waals surface area contributed by atoms with E-state index < -0.39 is 17.8 Å². The van der Waals surface area contributed by atoms with Crippen molar-refractivity contribution in [2.24, 2.45) is 0 Å². The summed E-state index contributed by atoms with van der Waals surface area (Å²) in [5.41, 5.74) is 0.336. The topological polar surface area (TPSA) is 51.2 Å². The fraction of sp³-hybridized carbons (Fsp3) is 0.176. The Morgan fingerprint density at radius 1 is 1.21 bits per heavy atom. The SMILES string of the molecule is O=C(NCC=Cc1cncc(C(F)(F)F)c1)OCc1ccccc1. The Hall–Kier alpha value is -2.83.